The van der Waals surface area contributed by atoms with E-state index in [-0.39, 0.29) is 23.5 Å². The maximum atomic E-state index is 13.5. The van der Waals surface area contributed by atoms with Crippen molar-refractivity contribution >= 4 is 17.4 Å². The average Bonchev–Trinajstić information content (AvgIpc) is 2.82. The Morgan fingerprint density at radius 1 is 1.33 bits per heavy atom. The molecule has 0 unspecified atom stereocenters. The number of halogens is 2. The average molecular weight is 267 g/mol. The topological polar surface area (TPSA) is 30.2 Å². The van der Waals surface area contributed by atoms with Crippen LogP contribution in [-0.2, 0) is 12.8 Å². The number of carbonyl (C=O) groups excluding carboxylic acids is 1. The lowest BCUT2D eigenvalue weighted by Crippen LogP contribution is -2.04. The number of ketones is 1. The number of carbonyl (C=O) groups is 1. The van der Waals surface area contributed by atoms with Crippen LogP contribution < -0.4 is 0 Å². The third-order valence-corrected chi connectivity index (χ3v) is 2.88. The van der Waals surface area contributed by atoms with Crippen molar-refractivity contribution in [2.75, 3.05) is 0 Å². The van der Waals surface area contributed by atoms with Crippen molar-refractivity contribution in [2.45, 2.75) is 19.8 Å². The summed E-state index contributed by atoms with van der Waals surface area (Å²) in [5.41, 5.74) is 0.280. The zero-order chi connectivity index (χ0) is 13.1. The van der Waals surface area contributed by atoms with E-state index in [0.717, 1.165) is 12.2 Å². The highest BCUT2D eigenvalue weighted by atomic mass is 35.5. The van der Waals surface area contributed by atoms with Crippen LogP contribution in [0.15, 0.2) is 34.7 Å². The highest BCUT2D eigenvalue weighted by molar-refractivity contribution is 6.30. The molecule has 1 aromatic heterocycles. The summed E-state index contributed by atoms with van der Waals surface area (Å²) in [6.07, 6.45) is 0.669. The number of benzene rings is 1. The summed E-state index contributed by atoms with van der Waals surface area (Å²) in [5.74, 6) is 0.307. The van der Waals surface area contributed by atoms with Gasteiger partial charge in [0.05, 0.1) is 0 Å². The molecule has 0 aliphatic rings. The van der Waals surface area contributed by atoms with E-state index in [1.165, 1.54) is 18.2 Å². The molecule has 0 aliphatic heterocycles. The van der Waals surface area contributed by atoms with E-state index < -0.39 is 5.82 Å². The van der Waals surface area contributed by atoms with Gasteiger partial charge in [-0.25, -0.2) is 4.39 Å². The zero-order valence-corrected chi connectivity index (χ0v) is 10.6. The van der Waals surface area contributed by atoms with Crippen LogP contribution >= 0.6 is 11.6 Å². The molecule has 2 rings (SSSR count). The summed E-state index contributed by atoms with van der Waals surface area (Å²) in [4.78, 5) is 11.9. The molecule has 0 N–H and O–H groups in total. The highest BCUT2D eigenvalue weighted by Gasteiger charge is 2.14. The van der Waals surface area contributed by atoms with Crippen molar-refractivity contribution in [3.05, 3.63) is 58.3 Å². The van der Waals surface area contributed by atoms with Crippen molar-refractivity contribution < 1.29 is 13.6 Å². The molecule has 0 saturated carbocycles. The maximum Gasteiger partial charge on any atom is 0.202 e. The lowest BCUT2D eigenvalue weighted by atomic mass is 10.1. The molecule has 0 aliphatic carbocycles. The first-order valence-electron chi connectivity index (χ1n) is 5.66. The van der Waals surface area contributed by atoms with E-state index >= 15 is 0 Å². The fourth-order valence-corrected chi connectivity index (χ4v) is 1.85. The van der Waals surface area contributed by atoms with E-state index in [1.54, 1.807) is 12.1 Å². The fourth-order valence-electron chi connectivity index (χ4n) is 1.66. The van der Waals surface area contributed by atoms with E-state index in [9.17, 15) is 9.18 Å². The Balaban J connectivity index is 2.18. The van der Waals surface area contributed by atoms with Crippen LogP contribution in [0.3, 0.4) is 0 Å². The fraction of sp³-hybridized carbons (Fsp3) is 0.214. The quantitative estimate of drug-likeness (QED) is 0.781. The van der Waals surface area contributed by atoms with Crippen molar-refractivity contribution in [1.29, 1.82) is 0 Å². The first-order valence-corrected chi connectivity index (χ1v) is 6.03. The molecule has 2 aromatic rings. The monoisotopic (exact) mass is 266 g/mol. The molecule has 0 fully saturated rings. The van der Waals surface area contributed by atoms with Crippen LogP contribution in [0.25, 0.3) is 0 Å². The second-order valence-corrected chi connectivity index (χ2v) is 4.39. The number of rotatable bonds is 4. The minimum absolute atomic E-state index is 0.0525. The van der Waals surface area contributed by atoms with Crippen molar-refractivity contribution in [3.8, 4) is 0 Å². The molecule has 0 saturated heterocycles. The smallest absolute Gasteiger partial charge is 0.202 e. The molecule has 4 heteroatoms. The number of Topliss-reactive ketones (excluding diaryl/α,β-unsaturated/α-hetero) is 1. The second kappa shape index (κ2) is 5.36. The Bertz CT molecular complexity index is 575. The van der Waals surface area contributed by atoms with Gasteiger partial charge in [0.2, 0.25) is 5.78 Å². The van der Waals surface area contributed by atoms with Crippen LogP contribution in [-0.4, -0.2) is 5.78 Å². The van der Waals surface area contributed by atoms with Gasteiger partial charge in [-0.2, -0.15) is 0 Å². The van der Waals surface area contributed by atoms with Gasteiger partial charge in [-0.05, 0) is 35.9 Å². The third kappa shape index (κ3) is 2.79. The Hall–Kier alpha value is -1.61. The van der Waals surface area contributed by atoms with E-state index in [0.29, 0.717) is 5.02 Å². The van der Waals surface area contributed by atoms with Gasteiger partial charge >= 0.3 is 0 Å². The van der Waals surface area contributed by atoms with Crippen LogP contribution in [0.2, 0.25) is 5.02 Å². The summed E-state index contributed by atoms with van der Waals surface area (Å²) in [5, 5.41) is 0.410. The van der Waals surface area contributed by atoms with Crippen LogP contribution in [0.5, 0.6) is 0 Å². The van der Waals surface area contributed by atoms with Crippen molar-refractivity contribution in [2.24, 2.45) is 0 Å². The molecule has 94 valence electrons. The van der Waals surface area contributed by atoms with Gasteiger partial charge in [-0.3, -0.25) is 4.79 Å². The van der Waals surface area contributed by atoms with Gasteiger partial charge in [0.15, 0.2) is 5.76 Å². The number of hydrogen-bond acceptors (Lipinski definition) is 2. The maximum absolute atomic E-state index is 13.5. The molecular weight excluding hydrogens is 255 g/mol. The molecule has 1 aromatic carbocycles. The van der Waals surface area contributed by atoms with Crippen LogP contribution in [0.4, 0.5) is 4.39 Å². The van der Waals surface area contributed by atoms with Gasteiger partial charge < -0.3 is 4.42 Å². The zero-order valence-electron chi connectivity index (χ0n) is 9.87. The largest absolute Gasteiger partial charge is 0.458 e. The molecule has 0 atom stereocenters. The molecule has 18 heavy (non-hydrogen) atoms. The molecule has 0 bridgehead atoms. The predicted octanol–water partition coefficient (Wildman–Crippen LogP) is 4.06. The van der Waals surface area contributed by atoms with Gasteiger partial charge in [-0.15, -0.1) is 0 Å². The summed E-state index contributed by atoms with van der Waals surface area (Å²) in [6.45, 7) is 1.93. The molecule has 0 radical (unpaired) electrons. The van der Waals surface area contributed by atoms with E-state index in [1.807, 2.05) is 6.92 Å². The van der Waals surface area contributed by atoms with Crippen molar-refractivity contribution in [3.63, 3.8) is 0 Å². The van der Waals surface area contributed by atoms with Crippen molar-refractivity contribution in [1.82, 2.24) is 0 Å². The second-order valence-electron chi connectivity index (χ2n) is 3.96. The SMILES string of the molecule is CCc1ccc(C(=O)Cc2cc(Cl)ccc2F)o1. The van der Waals surface area contributed by atoms with Gasteiger partial charge in [-0.1, -0.05) is 18.5 Å². The Morgan fingerprint density at radius 2 is 2.11 bits per heavy atom. The van der Waals surface area contributed by atoms with Gasteiger partial charge in [0.25, 0.3) is 0 Å². The summed E-state index contributed by atoms with van der Waals surface area (Å²) >= 11 is 5.77. The molecule has 0 spiro atoms. The van der Waals surface area contributed by atoms with E-state index in [4.69, 9.17) is 16.0 Å². The van der Waals surface area contributed by atoms with E-state index in [2.05, 4.69) is 0 Å². The summed E-state index contributed by atoms with van der Waals surface area (Å²) in [7, 11) is 0. The lowest BCUT2D eigenvalue weighted by molar-refractivity contribution is 0.0963. The molecule has 0 amide bonds. The van der Waals surface area contributed by atoms with Crippen LogP contribution in [0, 0.1) is 5.82 Å². The van der Waals surface area contributed by atoms with Crippen LogP contribution in [0.1, 0.15) is 28.8 Å². The first kappa shape index (κ1) is 12.8. The van der Waals surface area contributed by atoms with Gasteiger partial charge in [0.1, 0.15) is 11.6 Å². The minimum Gasteiger partial charge on any atom is -0.458 e. The molecular formula is C14H12ClFO2. The number of aryl methyl sites for hydroxylation is 1. The predicted molar refractivity (Wildman–Crippen MR) is 67.5 cm³/mol. The minimum atomic E-state index is -0.435. The Morgan fingerprint density at radius 3 is 2.78 bits per heavy atom. The van der Waals surface area contributed by atoms with Gasteiger partial charge in [0, 0.05) is 17.9 Å². The third-order valence-electron chi connectivity index (χ3n) is 2.64. The molecule has 1 heterocycles. The summed E-state index contributed by atoms with van der Waals surface area (Å²) < 4.78 is 18.8. The molecule has 2 nitrogen and oxygen atoms in total. The number of furan rings is 1. The Kier molecular flexibility index (Phi) is 3.82. The normalized spacial score (nSPS) is 10.6. The number of hydrogen-bond donors (Lipinski definition) is 0. The lowest BCUT2D eigenvalue weighted by Gasteiger charge is -2.02. The first-order chi connectivity index (χ1) is 8.60. The standard InChI is InChI=1S/C14H12ClFO2/c1-2-11-4-6-14(18-11)13(17)8-9-7-10(15)3-5-12(9)16/h3-7H,2,8H2,1H3. The highest BCUT2D eigenvalue weighted by Crippen LogP contribution is 2.18. The summed E-state index contributed by atoms with van der Waals surface area (Å²) in [6, 6.07) is 7.53. The Labute approximate surface area is 109 Å².